The van der Waals surface area contributed by atoms with Gasteiger partial charge in [0, 0.05) is 57.0 Å². The Bertz CT molecular complexity index is 2490. The molecular formula is C41H39B2ClF4N6O6S. The maximum Gasteiger partial charge on any atom is 0.408 e. The number of thiophene rings is 1. The van der Waals surface area contributed by atoms with E-state index in [9.17, 15) is 22.4 Å². The second kappa shape index (κ2) is 18.5. The van der Waals surface area contributed by atoms with Gasteiger partial charge in [0.15, 0.2) is 0 Å². The van der Waals surface area contributed by atoms with Gasteiger partial charge in [0.05, 0.1) is 33.0 Å². The minimum absolute atomic E-state index is 0.00727. The Balaban J connectivity index is 1.23. The molecule has 0 aliphatic carbocycles. The van der Waals surface area contributed by atoms with Gasteiger partial charge in [0.25, 0.3) is 6.01 Å². The molecule has 0 amide bonds. The Morgan fingerprint density at radius 3 is 2.52 bits per heavy atom. The van der Waals surface area contributed by atoms with E-state index < -0.39 is 36.2 Å². The Labute approximate surface area is 360 Å². The van der Waals surface area contributed by atoms with E-state index in [1.165, 1.54) is 41.9 Å². The van der Waals surface area contributed by atoms with Gasteiger partial charge < -0.3 is 28.3 Å². The highest BCUT2D eigenvalue weighted by Crippen LogP contribution is 2.50. The van der Waals surface area contributed by atoms with Crippen molar-refractivity contribution in [2.24, 2.45) is 0 Å². The Morgan fingerprint density at radius 1 is 1.03 bits per heavy atom. The number of ether oxygens (including phenoxy) is 4. The average Bonchev–Trinajstić information content (AvgIpc) is 3.96. The topological polar surface area (TPSA) is 117 Å². The van der Waals surface area contributed by atoms with Gasteiger partial charge >= 0.3 is 12.1 Å². The molecule has 6 aromatic rings. The third-order valence-corrected chi connectivity index (χ3v) is 11.6. The second-order valence-electron chi connectivity index (χ2n) is 14.4. The number of likely N-dealkylation sites (N-methyl/N-ethyl adjacent to an activating group) is 1. The minimum Gasteiger partial charge on any atom is -0.501 e. The number of furan rings is 1. The molecule has 1 fully saturated rings. The summed E-state index contributed by atoms with van der Waals surface area (Å²) in [6.07, 6.45) is -3.79. The van der Waals surface area contributed by atoms with Crippen molar-refractivity contribution in [1.82, 2.24) is 29.5 Å². The number of fused-ring (bicyclic) bond motifs is 1. The molecule has 20 heteroatoms. The van der Waals surface area contributed by atoms with Crippen LogP contribution in [0.15, 0.2) is 71.5 Å². The van der Waals surface area contributed by atoms with Gasteiger partial charge in [-0.05, 0) is 61.9 Å². The molecule has 1 aliphatic heterocycles. The highest BCUT2D eigenvalue weighted by atomic mass is 35.5. The largest absolute Gasteiger partial charge is 0.501 e. The molecule has 1 atom stereocenters. The molecule has 4 aromatic heterocycles. The number of aromatic nitrogens is 4. The third kappa shape index (κ3) is 10.2. The van der Waals surface area contributed by atoms with Gasteiger partial charge in [0.2, 0.25) is 12.0 Å². The minimum atomic E-state index is -4.62. The van der Waals surface area contributed by atoms with E-state index in [2.05, 4.69) is 31.9 Å². The lowest BCUT2D eigenvalue weighted by Gasteiger charge is -2.32. The first-order chi connectivity index (χ1) is 29.1. The monoisotopic (exact) mass is 876 g/mol. The van der Waals surface area contributed by atoms with Crippen molar-refractivity contribution in [3.8, 4) is 39.1 Å². The number of halogens is 5. The van der Waals surface area contributed by atoms with E-state index in [-0.39, 0.29) is 36.1 Å². The molecule has 5 heterocycles. The number of alkyl halides is 3. The molecular weight excluding hydrogens is 838 g/mol. The molecule has 0 spiro atoms. The van der Waals surface area contributed by atoms with Crippen LogP contribution in [0.5, 0.6) is 17.4 Å². The van der Waals surface area contributed by atoms with Crippen LogP contribution in [0.25, 0.3) is 32.0 Å². The first-order valence-electron chi connectivity index (χ1n) is 19.2. The van der Waals surface area contributed by atoms with Crippen molar-refractivity contribution >= 4 is 54.8 Å². The number of para-hydroxylation sites is 1. The van der Waals surface area contributed by atoms with Crippen LogP contribution >= 0.6 is 22.9 Å². The molecule has 1 aliphatic rings. The predicted molar refractivity (Wildman–Crippen MR) is 223 cm³/mol. The summed E-state index contributed by atoms with van der Waals surface area (Å²) in [6, 6.07) is 13.1. The first-order valence-corrected chi connectivity index (χ1v) is 20.4. The van der Waals surface area contributed by atoms with E-state index in [0.717, 1.165) is 38.9 Å². The maximum absolute atomic E-state index is 14.4. The fraction of sp³-hybridized carbons (Fsp3) is 0.366. The molecule has 4 radical (unpaired) electrons. The van der Waals surface area contributed by atoms with E-state index in [1.54, 1.807) is 31.2 Å². The van der Waals surface area contributed by atoms with E-state index in [0.29, 0.717) is 59.4 Å². The zero-order valence-electron chi connectivity index (χ0n) is 33.4. The number of rotatable bonds is 16. The van der Waals surface area contributed by atoms with Crippen molar-refractivity contribution in [1.29, 1.82) is 0 Å². The lowest BCUT2D eigenvalue weighted by atomic mass is 9.63. The number of hydrogen-bond acceptors (Lipinski definition) is 12. The number of esters is 1. The quantitative estimate of drug-likeness (QED) is 0.0560. The Hall–Kier alpha value is -5.10. The number of nitrogens with zero attached hydrogens (tertiary/aromatic N) is 6. The molecule has 0 unspecified atom stereocenters. The van der Waals surface area contributed by atoms with Crippen molar-refractivity contribution in [2.45, 2.75) is 44.5 Å². The molecule has 2 aromatic carbocycles. The SMILES string of the molecule is [B]C([B])(Oc1ccccc1C[C@@H](Oc1ncnc2sc(-c3ccc(F)o3)c(-c3ccc(OCCN4CCN(C)CC4)c(Cl)c3C)c12)C(=O)OCC)c1ccnn1CC(F)(F)F. The van der Waals surface area contributed by atoms with E-state index in [1.807, 2.05) is 13.0 Å². The maximum atomic E-state index is 14.4. The molecule has 7 rings (SSSR count). The summed E-state index contributed by atoms with van der Waals surface area (Å²) in [5.41, 5.74) is 1.85. The lowest BCUT2D eigenvalue weighted by Crippen LogP contribution is -2.45. The third-order valence-electron chi connectivity index (χ3n) is 10.0. The van der Waals surface area contributed by atoms with E-state index >= 15 is 0 Å². The number of hydrogen-bond donors (Lipinski definition) is 0. The van der Waals surface area contributed by atoms with Crippen LogP contribution in [0.1, 0.15) is 23.7 Å². The molecule has 12 nitrogen and oxygen atoms in total. The summed E-state index contributed by atoms with van der Waals surface area (Å²) >= 11 is 8.19. The normalized spacial score (nSPS) is 14.6. The van der Waals surface area contributed by atoms with Crippen molar-refractivity contribution in [3.63, 3.8) is 0 Å². The van der Waals surface area contributed by atoms with Gasteiger partial charge in [-0.2, -0.15) is 22.7 Å². The smallest absolute Gasteiger partial charge is 0.408 e. The fourth-order valence-corrected chi connectivity index (χ4v) is 8.30. The number of benzene rings is 2. The van der Waals surface area contributed by atoms with Crippen molar-refractivity contribution in [3.05, 3.63) is 95.0 Å². The molecule has 61 heavy (non-hydrogen) atoms. The Morgan fingerprint density at radius 2 is 1.80 bits per heavy atom. The van der Waals surface area contributed by atoms with Crippen LogP contribution in [-0.2, 0) is 27.9 Å². The van der Waals surface area contributed by atoms with Gasteiger partial charge in [0.1, 0.15) is 57.3 Å². The summed E-state index contributed by atoms with van der Waals surface area (Å²) in [7, 11) is 14.7. The van der Waals surface area contributed by atoms with Crippen molar-refractivity contribution < 1.29 is 45.7 Å². The van der Waals surface area contributed by atoms with Gasteiger partial charge in [-0.1, -0.05) is 35.9 Å². The van der Waals surface area contributed by atoms with E-state index in [4.69, 9.17) is 50.7 Å². The molecule has 1 saturated heterocycles. The number of piperazine rings is 1. The molecule has 316 valence electrons. The first kappa shape index (κ1) is 44.0. The summed E-state index contributed by atoms with van der Waals surface area (Å²) in [4.78, 5) is 28.2. The number of carbonyl (C=O) groups excluding carboxylic acids is 1. The van der Waals surface area contributed by atoms with Gasteiger partial charge in [-0.3, -0.25) is 9.58 Å². The van der Waals surface area contributed by atoms with Crippen LogP contribution in [0.3, 0.4) is 0 Å². The van der Waals surface area contributed by atoms with Gasteiger partial charge in [-0.15, -0.1) is 11.3 Å². The summed E-state index contributed by atoms with van der Waals surface area (Å²) in [6.45, 7) is 7.03. The van der Waals surface area contributed by atoms with Crippen LogP contribution in [0, 0.1) is 12.9 Å². The lowest BCUT2D eigenvalue weighted by molar-refractivity contribution is -0.151. The zero-order valence-corrected chi connectivity index (χ0v) is 35.0. The average molecular weight is 877 g/mol. The zero-order chi connectivity index (χ0) is 43.5. The highest BCUT2D eigenvalue weighted by molar-refractivity contribution is 7.22. The predicted octanol–water partition coefficient (Wildman–Crippen LogP) is 7.18. The fourth-order valence-electron chi connectivity index (χ4n) is 6.97. The summed E-state index contributed by atoms with van der Waals surface area (Å²) in [5, 5.41) is 2.17. The second-order valence-corrected chi connectivity index (χ2v) is 15.7. The molecule has 0 saturated carbocycles. The highest BCUT2D eigenvalue weighted by Gasteiger charge is 2.35. The van der Waals surface area contributed by atoms with Crippen LogP contribution in [0.4, 0.5) is 17.6 Å². The summed E-state index contributed by atoms with van der Waals surface area (Å²) in [5.74, 6) is -0.0333. The standard InChI is InChI=1S/C41H39B2ClF4N6O6S/c1-4-56-39(55)30(21-25-7-5-6-8-27(25)60-41(42,43)31-13-14-51-54(31)22-40(46,47)48)59-37-34-33(36(29-11-12-32(45)58-29)61-38(34)50-23-49-37)26-9-10-28(35(44)24(26)2)57-20-19-53-17-15-52(3)16-18-53/h5-14,23,30H,4,15-22H2,1-3H3/t30-/m1/s1. The molecule has 0 N–H and O–H groups in total. The van der Waals surface area contributed by atoms with Crippen LogP contribution < -0.4 is 14.2 Å². The van der Waals surface area contributed by atoms with Crippen molar-refractivity contribution in [2.75, 3.05) is 53.0 Å². The van der Waals surface area contributed by atoms with Crippen LogP contribution in [-0.4, -0.2) is 116 Å². The number of carbonyl (C=O) groups is 1. The summed E-state index contributed by atoms with van der Waals surface area (Å²) < 4.78 is 84.4. The molecule has 0 bridgehead atoms. The Kier molecular flexibility index (Phi) is 13.3. The van der Waals surface area contributed by atoms with Crippen LogP contribution in [0.2, 0.25) is 5.02 Å². The van der Waals surface area contributed by atoms with Gasteiger partial charge in [-0.25, -0.2) is 14.8 Å².